The lowest BCUT2D eigenvalue weighted by molar-refractivity contribution is 0.972. The van der Waals surface area contributed by atoms with Crippen LogP contribution in [0.1, 0.15) is 5.56 Å². The molecule has 0 bridgehead atoms. The predicted molar refractivity (Wildman–Crippen MR) is 67.6 cm³/mol. The molecule has 5 heteroatoms. The van der Waals surface area contributed by atoms with Crippen LogP contribution in [0.3, 0.4) is 0 Å². The number of anilines is 1. The summed E-state index contributed by atoms with van der Waals surface area (Å²) in [5, 5.41) is 13.4. The Morgan fingerprint density at radius 3 is 2.78 bits per heavy atom. The normalized spacial score (nSPS) is 10.4. The maximum Gasteiger partial charge on any atom is 0.125 e. The second-order valence-electron chi connectivity index (χ2n) is 3.83. The molecule has 5 nitrogen and oxygen atoms in total. The zero-order chi connectivity index (χ0) is 12.5. The molecule has 0 aliphatic heterocycles. The van der Waals surface area contributed by atoms with E-state index in [0.29, 0.717) is 22.6 Å². The van der Waals surface area contributed by atoms with E-state index in [0.717, 1.165) is 5.69 Å². The van der Waals surface area contributed by atoms with Gasteiger partial charge in [0.1, 0.15) is 17.6 Å². The van der Waals surface area contributed by atoms with E-state index in [1.165, 1.54) is 0 Å². The van der Waals surface area contributed by atoms with E-state index in [1.807, 2.05) is 24.3 Å². The van der Waals surface area contributed by atoms with E-state index in [4.69, 9.17) is 11.0 Å². The number of nitrogens with two attached hydrogens (primary N) is 1. The van der Waals surface area contributed by atoms with Gasteiger partial charge in [0.2, 0.25) is 0 Å². The summed E-state index contributed by atoms with van der Waals surface area (Å²) in [6, 6.07) is 12.9. The first-order valence-electron chi connectivity index (χ1n) is 5.39. The number of hydrogen-bond acceptors (Lipinski definition) is 4. The van der Waals surface area contributed by atoms with Gasteiger partial charge >= 0.3 is 0 Å². The summed E-state index contributed by atoms with van der Waals surface area (Å²) in [4.78, 5) is 4.23. The number of nitrogens with zero attached hydrogens (tertiary/aromatic N) is 4. The quantitative estimate of drug-likeness (QED) is 0.698. The van der Waals surface area contributed by atoms with Crippen molar-refractivity contribution < 1.29 is 0 Å². The van der Waals surface area contributed by atoms with Crippen LogP contribution in [0.5, 0.6) is 0 Å². The largest absolute Gasteiger partial charge is 0.384 e. The first-order chi connectivity index (χ1) is 8.79. The Bertz CT molecular complexity index is 752. The van der Waals surface area contributed by atoms with Crippen LogP contribution >= 0.6 is 0 Å². The standard InChI is InChI=1S/C13H9N5/c14-8-9-4-5-13(15)18-12(9)7-11(17-18)10-3-1-2-6-16-10/h1-7H,15H2. The fourth-order valence-corrected chi connectivity index (χ4v) is 1.83. The van der Waals surface area contributed by atoms with Crippen LogP contribution < -0.4 is 5.73 Å². The van der Waals surface area contributed by atoms with Crippen molar-refractivity contribution in [2.75, 3.05) is 5.73 Å². The van der Waals surface area contributed by atoms with E-state index in [-0.39, 0.29) is 0 Å². The third-order valence-corrected chi connectivity index (χ3v) is 2.70. The summed E-state index contributed by atoms with van der Waals surface area (Å²) < 4.78 is 1.56. The highest BCUT2D eigenvalue weighted by atomic mass is 15.3. The Morgan fingerprint density at radius 2 is 2.06 bits per heavy atom. The van der Waals surface area contributed by atoms with Gasteiger partial charge in [-0.25, -0.2) is 4.52 Å². The molecule has 3 rings (SSSR count). The van der Waals surface area contributed by atoms with Gasteiger partial charge in [-0.3, -0.25) is 4.98 Å². The van der Waals surface area contributed by atoms with Gasteiger partial charge in [-0.1, -0.05) is 6.07 Å². The zero-order valence-corrected chi connectivity index (χ0v) is 9.41. The van der Waals surface area contributed by atoms with Crippen LogP contribution in [0.4, 0.5) is 5.82 Å². The Morgan fingerprint density at radius 1 is 1.17 bits per heavy atom. The lowest BCUT2D eigenvalue weighted by atomic mass is 10.2. The molecule has 18 heavy (non-hydrogen) atoms. The van der Waals surface area contributed by atoms with E-state index >= 15 is 0 Å². The Labute approximate surface area is 103 Å². The Kier molecular flexibility index (Phi) is 2.21. The molecular weight excluding hydrogens is 226 g/mol. The first-order valence-corrected chi connectivity index (χ1v) is 5.39. The van der Waals surface area contributed by atoms with E-state index in [1.54, 1.807) is 22.8 Å². The molecule has 0 saturated carbocycles. The van der Waals surface area contributed by atoms with Gasteiger partial charge in [-0.2, -0.15) is 10.4 Å². The molecular formula is C13H9N5. The van der Waals surface area contributed by atoms with Gasteiger partial charge < -0.3 is 5.73 Å². The SMILES string of the molecule is N#Cc1ccc(N)n2nc(-c3ccccn3)cc12. The number of pyridine rings is 2. The molecule has 0 fully saturated rings. The van der Waals surface area contributed by atoms with Crippen LogP contribution in [-0.2, 0) is 0 Å². The van der Waals surface area contributed by atoms with Crippen molar-refractivity contribution in [3.63, 3.8) is 0 Å². The minimum atomic E-state index is 0.492. The smallest absolute Gasteiger partial charge is 0.125 e. The number of fused-ring (bicyclic) bond motifs is 1. The third-order valence-electron chi connectivity index (χ3n) is 2.70. The summed E-state index contributed by atoms with van der Waals surface area (Å²) in [6.45, 7) is 0. The van der Waals surface area contributed by atoms with Gasteiger partial charge in [0.05, 0.1) is 16.8 Å². The number of rotatable bonds is 1. The molecule has 3 heterocycles. The van der Waals surface area contributed by atoms with Crippen molar-refractivity contribution in [1.29, 1.82) is 5.26 Å². The molecule has 86 valence electrons. The van der Waals surface area contributed by atoms with E-state index < -0.39 is 0 Å². The molecule has 0 atom stereocenters. The molecule has 0 aliphatic rings. The van der Waals surface area contributed by atoms with Crippen molar-refractivity contribution in [2.24, 2.45) is 0 Å². The lowest BCUT2D eigenvalue weighted by Crippen LogP contribution is -1.99. The molecule has 0 aromatic carbocycles. The third kappa shape index (κ3) is 1.48. The second kappa shape index (κ2) is 3.86. The summed E-state index contributed by atoms with van der Waals surface area (Å²) >= 11 is 0. The lowest BCUT2D eigenvalue weighted by Gasteiger charge is -1.98. The molecule has 0 aliphatic carbocycles. The second-order valence-corrected chi connectivity index (χ2v) is 3.83. The van der Waals surface area contributed by atoms with Crippen molar-refractivity contribution in [2.45, 2.75) is 0 Å². The number of aromatic nitrogens is 3. The summed E-state index contributed by atoms with van der Waals surface area (Å²) in [7, 11) is 0. The highest BCUT2D eigenvalue weighted by Gasteiger charge is 2.10. The van der Waals surface area contributed by atoms with Crippen LogP contribution in [0.15, 0.2) is 42.6 Å². The van der Waals surface area contributed by atoms with Crippen molar-refractivity contribution in [1.82, 2.24) is 14.6 Å². The molecule has 0 amide bonds. The van der Waals surface area contributed by atoms with Crippen LogP contribution in [-0.4, -0.2) is 14.6 Å². The average molecular weight is 235 g/mol. The topological polar surface area (TPSA) is 80.0 Å². The van der Waals surface area contributed by atoms with Crippen molar-refractivity contribution >= 4 is 11.3 Å². The predicted octanol–water partition coefficient (Wildman–Crippen LogP) is 1.85. The first kappa shape index (κ1) is 10.3. The Hall–Kier alpha value is -2.87. The van der Waals surface area contributed by atoms with Gasteiger partial charge in [0.25, 0.3) is 0 Å². The zero-order valence-electron chi connectivity index (χ0n) is 9.41. The van der Waals surface area contributed by atoms with E-state index in [9.17, 15) is 0 Å². The monoisotopic (exact) mass is 235 g/mol. The van der Waals surface area contributed by atoms with E-state index in [2.05, 4.69) is 16.2 Å². The minimum Gasteiger partial charge on any atom is -0.384 e. The Balaban J connectivity index is 2.30. The number of nitrogen functional groups attached to an aromatic ring is 1. The van der Waals surface area contributed by atoms with Gasteiger partial charge in [-0.05, 0) is 30.3 Å². The summed E-state index contributed by atoms with van der Waals surface area (Å²) in [6.07, 6.45) is 1.70. The summed E-state index contributed by atoms with van der Waals surface area (Å²) in [5.41, 5.74) is 8.53. The minimum absolute atomic E-state index is 0.492. The maximum absolute atomic E-state index is 9.06. The molecule has 2 N–H and O–H groups in total. The fourth-order valence-electron chi connectivity index (χ4n) is 1.83. The number of nitriles is 1. The van der Waals surface area contributed by atoms with Gasteiger partial charge in [0.15, 0.2) is 0 Å². The van der Waals surface area contributed by atoms with Crippen molar-refractivity contribution in [3.8, 4) is 17.5 Å². The molecule has 0 spiro atoms. The molecule has 0 unspecified atom stereocenters. The highest BCUT2D eigenvalue weighted by Crippen LogP contribution is 2.21. The summed E-state index contributed by atoms with van der Waals surface area (Å²) in [5.74, 6) is 0.492. The molecule has 0 radical (unpaired) electrons. The van der Waals surface area contributed by atoms with Gasteiger partial charge in [-0.15, -0.1) is 0 Å². The molecule has 0 saturated heterocycles. The average Bonchev–Trinajstić information content (AvgIpc) is 2.86. The van der Waals surface area contributed by atoms with Gasteiger partial charge in [0, 0.05) is 6.20 Å². The van der Waals surface area contributed by atoms with Crippen LogP contribution in [0, 0.1) is 11.3 Å². The number of hydrogen-bond donors (Lipinski definition) is 1. The van der Waals surface area contributed by atoms with Crippen molar-refractivity contribution in [3.05, 3.63) is 48.2 Å². The highest BCUT2D eigenvalue weighted by molar-refractivity contribution is 5.70. The molecule has 3 aromatic heterocycles. The van der Waals surface area contributed by atoms with Crippen LogP contribution in [0.25, 0.3) is 16.9 Å². The van der Waals surface area contributed by atoms with Crippen LogP contribution in [0.2, 0.25) is 0 Å². The molecule has 3 aromatic rings. The maximum atomic E-state index is 9.06. The fraction of sp³-hybridized carbons (Fsp3) is 0.